The second kappa shape index (κ2) is 5.71. The van der Waals surface area contributed by atoms with E-state index in [-0.39, 0.29) is 28.1 Å². The summed E-state index contributed by atoms with van der Waals surface area (Å²) in [6.07, 6.45) is 10.4. The highest BCUT2D eigenvalue weighted by atomic mass is 16.2. The number of aromatic nitrogens is 6. The smallest absolute Gasteiger partial charge is 0.270 e. The third-order valence-corrected chi connectivity index (χ3v) is 7.04. The van der Waals surface area contributed by atoms with Crippen molar-refractivity contribution in [3.05, 3.63) is 52.8 Å². The van der Waals surface area contributed by atoms with E-state index in [4.69, 9.17) is 0 Å². The zero-order valence-corrected chi connectivity index (χ0v) is 15.9. The van der Waals surface area contributed by atoms with Gasteiger partial charge in [0.2, 0.25) is 0 Å². The number of fused-ring (bicyclic) bond motifs is 1. The number of carbonyl (C=O) groups excluding carboxylic acids is 1. The van der Waals surface area contributed by atoms with Crippen LogP contribution < -0.4 is 10.9 Å². The van der Waals surface area contributed by atoms with Crippen molar-refractivity contribution in [3.8, 4) is 0 Å². The molecule has 9 heteroatoms. The molecular formula is C20H21N7O2. The van der Waals surface area contributed by atoms with Crippen molar-refractivity contribution in [2.75, 3.05) is 0 Å². The molecule has 0 radical (unpaired) electrons. The van der Waals surface area contributed by atoms with E-state index in [0.29, 0.717) is 17.5 Å². The van der Waals surface area contributed by atoms with E-state index in [2.05, 4.69) is 25.7 Å². The van der Waals surface area contributed by atoms with E-state index in [1.165, 1.54) is 23.3 Å². The summed E-state index contributed by atoms with van der Waals surface area (Å²) in [5, 5.41) is 15.7. The summed E-state index contributed by atoms with van der Waals surface area (Å²) < 4.78 is 1.41. The van der Waals surface area contributed by atoms with Gasteiger partial charge in [-0.25, -0.2) is 4.98 Å². The van der Waals surface area contributed by atoms with Gasteiger partial charge in [0.25, 0.3) is 11.5 Å². The van der Waals surface area contributed by atoms with Gasteiger partial charge in [0.05, 0.1) is 5.54 Å². The van der Waals surface area contributed by atoms with Crippen LogP contribution in [0.25, 0.3) is 5.65 Å². The largest absolute Gasteiger partial charge is 0.346 e. The molecule has 2 atom stereocenters. The lowest BCUT2D eigenvalue weighted by atomic mass is 9.50. The number of carbonyl (C=O) groups is 1. The van der Waals surface area contributed by atoms with Crippen LogP contribution in [0, 0.1) is 11.8 Å². The van der Waals surface area contributed by atoms with Gasteiger partial charge in [0.15, 0.2) is 6.33 Å². The SMILES string of the molecule is O=C(NC12CC3CC(C1)CC(n1ncnn1)(C3)C2)c1cnc2ccccn2c1=O. The molecule has 3 heterocycles. The van der Waals surface area contributed by atoms with Crippen LogP contribution in [0.15, 0.2) is 41.7 Å². The number of nitrogens with zero attached hydrogens (tertiary/aromatic N) is 6. The Hall–Kier alpha value is -3.10. The molecule has 4 saturated carbocycles. The molecule has 1 amide bonds. The Morgan fingerprint density at radius 2 is 2.00 bits per heavy atom. The summed E-state index contributed by atoms with van der Waals surface area (Å²) in [4.78, 5) is 32.0. The number of nitrogens with one attached hydrogen (secondary N) is 1. The summed E-state index contributed by atoms with van der Waals surface area (Å²) in [6, 6.07) is 5.32. The second-order valence-corrected chi connectivity index (χ2v) is 9.05. The first-order chi connectivity index (χ1) is 14.1. The molecule has 4 aliphatic carbocycles. The van der Waals surface area contributed by atoms with Crippen LogP contribution in [0.3, 0.4) is 0 Å². The van der Waals surface area contributed by atoms with Crippen molar-refractivity contribution < 1.29 is 4.79 Å². The van der Waals surface area contributed by atoms with Crippen molar-refractivity contribution in [3.63, 3.8) is 0 Å². The van der Waals surface area contributed by atoms with Gasteiger partial charge < -0.3 is 5.32 Å². The quantitative estimate of drug-likeness (QED) is 0.718. The Morgan fingerprint density at radius 3 is 2.76 bits per heavy atom. The Kier molecular flexibility index (Phi) is 3.31. The number of amides is 1. The third kappa shape index (κ3) is 2.46. The number of pyridine rings is 1. The average Bonchev–Trinajstić information content (AvgIpc) is 3.23. The first-order valence-electron chi connectivity index (χ1n) is 10.1. The predicted molar refractivity (Wildman–Crippen MR) is 102 cm³/mol. The van der Waals surface area contributed by atoms with Gasteiger partial charge in [0, 0.05) is 17.9 Å². The Morgan fingerprint density at radius 1 is 1.17 bits per heavy atom. The summed E-state index contributed by atoms with van der Waals surface area (Å²) in [7, 11) is 0. The second-order valence-electron chi connectivity index (χ2n) is 9.05. The van der Waals surface area contributed by atoms with Crippen molar-refractivity contribution in [1.29, 1.82) is 0 Å². The minimum Gasteiger partial charge on any atom is -0.346 e. The molecule has 3 aromatic rings. The molecule has 29 heavy (non-hydrogen) atoms. The van der Waals surface area contributed by atoms with E-state index in [1.807, 2.05) is 6.07 Å². The van der Waals surface area contributed by atoms with Crippen molar-refractivity contribution >= 4 is 11.6 Å². The lowest BCUT2D eigenvalue weighted by Gasteiger charge is -2.61. The van der Waals surface area contributed by atoms with Gasteiger partial charge in [-0.3, -0.25) is 14.0 Å². The first kappa shape index (κ1) is 16.8. The maximum atomic E-state index is 13.2. The molecule has 4 bridgehead atoms. The molecule has 1 N–H and O–H groups in total. The van der Waals surface area contributed by atoms with Crippen LogP contribution in [-0.4, -0.2) is 41.0 Å². The fraction of sp³-hybridized carbons (Fsp3) is 0.500. The molecule has 0 aromatic carbocycles. The lowest BCUT2D eigenvalue weighted by molar-refractivity contribution is -0.0810. The van der Waals surface area contributed by atoms with E-state index in [1.54, 1.807) is 23.1 Å². The van der Waals surface area contributed by atoms with Crippen LogP contribution in [-0.2, 0) is 5.54 Å². The van der Waals surface area contributed by atoms with Crippen molar-refractivity contribution in [2.45, 2.75) is 49.6 Å². The van der Waals surface area contributed by atoms with E-state index in [9.17, 15) is 9.59 Å². The minimum absolute atomic E-state index is 0.0809. The van der Waals surface area contributed by atoms with Crippen LogP contribution in [0.2, 0.25) is 0 Å². The third-order valence-electron chi connectivity index (χ3n) is 7.04. The Balaban J connectivity index is 1.35. The van der Waals surface area contributed by atoms with Gasteiger partial charge in [-0.15, -0.1) is 10.2 Å². The molecule has 4 fully saturated rings. The van der Waals surface area contributed by atoms with Crippen LogP contribution in [0.5, 0.6) is 0 Å². The van der Waals surface area contributed by atoms with Crippen LogP contribution in [0.4, 0.5) is 0 Å². The summed E-state index contributed by atoms with van der Waals surface area (Å²) in [5.74, 6) is 0.709. The van der Waals surface area contributed by atoms with Crippen molar-refractivity contribution in [2.24, 2.45) is 11.8 Å². The normalized spacial score (nSPS) is 32.6. The average molecular weight is 391 g/mol. The predicted octanol–water partition coefficient (Wildman–Crippen LogP) is 1.16. The molecular weight excluding hydrogens is 370 g/mol. The van der Waals surface area contributed by atoms with Gasteiger partial charge in [-0.05, 0) is 67.7 Å². The molecule has 7 rings (SSSR count). The molecule has 4 aliphatic rings. The first-order valence-corrected chi connectivity index (χ1v) is 10.1. The monoisotopic (exact) mass is 391 g/mol. The van der Waals surface area contributed by atoms with E-state index in [0.717, 1.165) is 32.1 Å². The van der Waals surface area contributed by atoms with Crippen LogP contribution in [0.1, 0.15) is 48.9 Å². The molecule has 0 aliphatic heterocycles. The van der Waals surface area contributed by atoms with E-state index < -0.39 is 0 Å². The molecule has 0 spiro atoms. The lowest BCUT2D eigenvalue weighted by Crippen LogP contribution is -2.66. The molecule has 3 aromatic heterocycles. The minimum atomic E-state index is -0.343. The number of hydrogen-bond acceptors (Lipinski definition) is 6. The molecule has 148 valence electrons. The van der Waals surface area contributed by atoms with E-state index >= 15 is 0 Å². The van der Waals surface area contributed by atoms with Gasteiger partial charge in [-0.2, -0.15) is 4.80 Å². The summed E-state index contributed by atoms with van der Waals surface area (Å²) in [6.45, 7) is 0. The fourth-order valence-electron chi connectivity index (χ4n) is 6.47. The van der Waals surface area contributed by atoms with Crippen molar-refractivity contribution in [1.82, 2.24) is 34.9 Å². The number of rotatable bonds is 3. The number of hydrogen-bond donors (Lipinski definition) is 1. The highest BCUT2D eigenvalue weighted by Crippen LogP contribution is 2.60. The van der Waals surface area contributed by atoms with Gasteiger partial charge in [-0.1, -0.05) is 6.07 Å². The molecule has 9 nitrogen and oxygen atoms in total. The zero-order valence-electron chi connectivity index (χ0n) is 15.9. The summed E-state index contributed by atoms with van der Waals surface area (Å²) >= 11 is 0. The maximum Gasteiger partial charge on any atom is 0.270 e. The zero-order chi connectivity index (χ0) is 19.6. The van der Waals surface area contributed by atoms with Gasteiger partial charge >= 0.3 is 0 Å². The topological polar surface area (TPSA) is 107 Å². The standard InChI is InChI=1S/C20H21N7O2/c28-17(15-10-21-16-3-1-2-4-26(16)18(15)29)24-19-6-13-5-14(7-19)9-20(8-13,11-19)27-23-12-22-25-27/h1-4,10,12-14H,5-9,11H2,(H,24,28). The molecule has 0 saturated heterocycles. The number of tetrazole rings is 1. The fourth-order valence-corrected chi connectivity index (χ4v) is 6.47. The highest BCUT2D eigenvalue weighted by molar-refractivity contribution is 5.94. The Bertz CT molecular complexity index is 1160. The maximum absolute atomic E-state index is 13.2. The van der Waals surface area contributed by atoms with Crippen LogP contribution >= 0.6 is 0 Å². The Labute approximate surface area is 166 Å². The highest BCUT2D eigenvalue weighted by Gasteiger charge is 2.60. The summed E-state index contributed by atoms with van der Waals surface area (Å²) in [5.41, 5.74) is -0.259. The van der Waals surface area contributed by atoms with Gasteiger partial charge in [0.1, 0.15) is 11.2 Å². The molecule has 2 unspecified atom stereocenters.